The Labute approximate surface area is 154 Å². The Balaban J connectivity index is 1.45. The molecule has 1 heterocycles. The van der Waals surface area contributed by atoms with Gasteiger partial charge in [0.2, 0.25) is 5.91 Å². The van der Waals surface area contributed by atoms with Crippen LogP contribution in [0.1, 0.15) is 5.56 Å². The Bertz CT molecular complexity index is 755. The molecule has 1 aliphatic rings. The number of fused-ring (bicyclic) bond motifs is 1. The van der Waals surface area contributed by atoms with Crippen molar-refractivity contribution in [3.05, 3.63) is 52.8 Å². The Hall–Kier alpha value is -1.92. The first-order valence-electron chi connectivity index (χ1n) is 7.85. The molecule has 0 unspecified atom stereocenters. The number of amides is 1. The first kappa shape index (κ1) is 17.9. The minimum Gasteiger partial charge on any atom is -0.486 e. The summed E-state index contributed by atoms with van der Waals surface area (Å²) in [5, 5.41) is 3.38. The molecule has 1 N–H and O–H groups in total. The van der Waals surface area contributed by atoms with E-state index in [1.165, 1.54) is 23.9 Å². The lowest BCUT2D eigenvalue weighted by Crippen LogP contribution is -2.27. The number of nitrogens with one attached hydrogen (secondary N) is 1. The highest BCUT2D eigenvalue weighted by atomic mass is 35.5. The zero-order chi connectivity index (χ0) is 17.6. The second-order valence-electron chi connectivity index (χ2n) is 5.44. The molecule has 1 amide bonds. The van der Waals surface area contributed by atoms with Crippen LogP contribution in [0.15, 0.2) is 41.3 Å². The molecular formula is C18H17ClFNO3S. The monoisotopic (exact) mass is 381 g/mol. The summed E-state index contributed by atoms with van der Waals surface area (Å²) in [5.41, 5.74) is 0.973. The zero-order valence-electron chi connectivity index (χ0n) is 13.4. The van der Waals surface area contributed by atoms with Crippen LogP contribution in [0, 0.1) is 5.82 Å². The van der Waals surface area contributed by atoms with E-state index in [9.17, 15) is 9.18 Å². The fourth-order valence-electron chi connectivity index (χ4n) is 2.39. The fourth-order valence-corrected chi connectivity index (χ4v) is 3.40. The van der Waals surface area contributed by atoms with Gasteiger partial charge in [-0.2, -0.15) is 0 Å². The van der Waals surface area contributed by atoms with Crippen LogP contribution in [0.5, 0.6) is 11.5 Å². The van der Waals surface area contributed by atoms with E-state index >= 15 is 0 Å². The number of rotatable bonds is 6. The SMILES string of the molecule is O=C(CSc1ccc(F)cc1)NCCc1cc(Cl)c2c(c1)OCCO2. The van der Waals surface area contributed by atoms with Gasteiger partial charge in [-0.1, -0.05) is 11.6 Å². The fraction of sp³-hybridized carbons (Fsp3) is 0.278. The molecule has 0 aliphatic carbocycles. The van der Waals surface area contributed by atoms with Crippen molar-refractivity contribution in [3.63, 3.8) is 0 Å². The summed E-state index contributed by atoms with van der Waals surface area (Å²) < 4.78 is 23.9. The quantitative estimate of drug-likeness (QED) is 0.775. The van der Waals surface area contributed by atoms with Gasteiger partial charge in [0.15, 0.2) is 11.5 Å². The molecule has 0 radical (unpaired) electrons. The van der Waals surface area contributed by atoms with Crippen molar-refractivity contribution in [1.82, 2.24) is 5.32 Å². The van der Waals surface area contributed by atoms with Crippen molar-refractivity contribution in [3.8, 4) is 11.5 Å². The standard InChI is InChI=1S/C18H17ClFNO3S/c19-15-9-12(10-16-18(15)24-8-7-23-16)5-6-21-17(22)11-25-14-3-1-13(20)2-4-14/h1-4,9-10H,5-8,11H2,(H,21,22). The van der Waals surface area contributed by atoms with Crippen LogP contribution in [-0.4, -0.2) is 31.4 Å². The van der Waals surface area contributed by atoms with E-state index < -0.39 is 0 Å². The van der Waals surface area contributed by atoms with E-state index in [1.807, 2.05) is 12.1 Å². The molecule has 132 valence electrons. The Morgan fingerprint density at radius 3 is 2.76 bits per heavy atom. The summed E-state index contributed by atoms with van der Waals surface area (Å²) in [6.45, 7) is 1.50. The molecule has 0 atom stereocenters. The number of ether oxygens (including phenoxy) is 2. The molecule has 0 saturated carbocycles. The highest BCUT2D eigenvalue weighted by Gasteiger charge is 2.16. The minimum absolute atomic E-state index is 0.0713. The van der Waals surface area contributed by atoms with Crippen LogP contribution in [-0.2, 0) is 11.2 Å². The average Bonchev–Trinajstić information content (AvgIpc) is 2.61. The smallest absolute Gasteiger partial charge is 0.230 e. The molecule has 2 aromatic carbocycles. The van der Waals surface area contributed by atoms with Crippen LogP contribution in [0.3, 0.4) is 0 Å². The number of benzene rings is 2. The van der Waals surface area contributed by atoms with Gasteiger partial charge in [0.25, 0.3) is 0 Å². The molecule has 0 fully saturated rings. The highest BCUT2D eigenvalue weighted by Crippen LogP contribution is 2.38. The van der Waals surface area contributed by atoms with E-state index in [0.29, 0.717) is 42.7 Å². The molecule has 0 saturated heterocycles. The normalized spacial score (nSPS) is 12.7. The summed E-state index contributed by atoms with van der Waals surface area (Å²) in [6.07, 6.45) is 0.642. The number of hydrogen-bond donors (Lipinski definition) is 1. The maximum absolute atomic E-state index is 12.8. The molecule has 0 bridgehead atoms. The molecule has 0 aromatic heterocycles. The van der Waals surface area contributed by atoms with Gasteiger partial charge in [-0.3, -0.25) is 4.79 Å². The molecule has 2 aromatic rings. The molecular weight excluding hydrogens is 365 g/mol. The third-order valence-corrected chi connectivity index (χ3v) is 4.87. The van der Waals surface area contributed by atoms with Crippen molar-refractivity contribution in [2.24, 2.45) is 0 Å². The van der Waals surface area contributed by atoms with Crippen molar-refractivity contribution in [2.45, 2.75) is 11.3 Å². The van der Waals surface area contributed by atoms with Gasteiger partial charge in [-0.25, -0.2) is 4.39 Å². The molecule has 3 rings (SSSR count). The molecule has 4 nitrogen and oxygen atoms in total. The first-order valence-corrected chi connectivity index (χ1v) is 9.21. The second kappa shape index (κ2) is 8.45. The summed E-state index contributed by atoms with van der Waals surface area (Å²) in [5.74, 6) is 1.15. The maximum atomic E-state index is 12.8. The lowest BCUT2D eigenvalue weighted by molar-refractivity contribution is -0.118. The van der Waals surface area contributed by atoms with E-state index in [2.05, 4.69) is 5.32 Å². The van der Waals surface area contributed by atoms with Gasteiger partial charge < -0.3 is 14.8 Å². The summed E-state index contributed by atoms with van der Waals surface area (Å²) in [7, 11) is 0. The van der Waals surface area contributed by atoms with Crippen LogP contribution < -0.4 is 14.8 Å². The third kappa shape index (κ3) is 5.03. The van der Waals surface area contributed by atoms with Gasteiger partial charge in [0, 0.05) is 11.4 Å². The van der Waals surface area contributed by atoms with E-state index in [0.717, 1.165) is 10.5 Å². The number of thioether (sulfide) groups is 1. The molecule has 7 heteroatoms. The molecule has 1 aliphatic heterocycles. The minimum atomic E-state index is -0.285. The summed E-state index contributed by atoms with van der Waals surface area (Å²) in [6, 6.07) is 9.79. The van der Waals surface area contributed by atoms with Crippen molar-refractivity contribution < 1.29 is 18.7 Å². The number of hydrogen-bond acceptors (Lipinski definition) is 4. The zero-order valence-corrected chi connectivity index (χ0v) is 15.0. The lowest BCUT2D eigenvalue weighted by Gasteiger charge is -2.20. The summed E-state index contributed by atoms with van der Waals surface area (Å²) >= 11 is 7.56. The van der Waals surface area contributed by atoms with E-state index in [-0.39, 0.29) is 17.5 Å². The van der Waals surface area contributed by atoms with Crippen LogP contribution >= 0.6 is 23.4 Å². The van der Waals surface area contributed by atoms with Gasteiger partial charge in [-0.05, 0) is 48.4 Å². The largest absolute Gasteiger partial charge is 0.486 e. The van der Waals surface area contributed by atoms with Gasteiger partial charge in [0.05, 0.1) is 10.8 Å². The van der Waals surface area contributed by atoms with Gasteiger partial charge >= 0.3 is 0 Å². The van der Waals surface area contributed by atoms with E-state index in [4.69, 9.17) is 21.1 Å². The second-order valence-corrected chi connectivity index (χ2v) is 6.90. The lowest BCUT2D eigenvalue weighted by atomic mass is 10.1. The molecule has 25 heavy (non-hydrogen) atoms. The highest BCUT2D eigenvalue weighted by molar-refractivity contribution is 8.00. The van der Waals surface area contributed by atoms with Crippen molar-refractivity contribution in [1.29, 1.82) is 0 Å². The van der Waals surface area contributed by atoms with Crippen molar-refractivity contribution >= 4 is 29.3 Å². The number of carbonyl (C=O) groups excluding carboxylic acids is 1. The maximum Gasteiger partial charge on any atom is 0.230 e. The predicted molar refractivity (Wildman–Crippen MR) is 96.3 cm³/mol. The van der Waals surface area contributed by atoms with Gasteiger partial charge in [0.1, 0.15) is 19.0 Å². The van der Waals surface area contributed by atoms with Crippen LogP contribution in [0.2, 0.25) is 5.02 Å². The third-order valence-electron chi connectivity index (χ3n) is 3.58. The predicted octanol–water partition coefficient (Wildman–Crippen LogP) is 3.70. The Morgan fingerprint density at radius 1 is 1.20 bits per heavy atom. The molecule has 0 spiro atoms. The Morgan fingerprint density at radius 2 is 1.96 bits per heavy atom. The topological polar surface area (TPSA) is 47.6 Å². The van der Waals surface area contributed by atoms with E-state index in [1.54, 1.807) is 12.1 Å². The summed E-state index contributed by atoms with van der Waals surface area (Å²) in [4.78, 5) is 12.8. The number of carbonyl (C=O) groups is 1. The number of halogens is 2. The van der Waals surface area contributed by atoms with Gasteiger partial charge in [-0.15, -0.1) is 11.8 Å². The van der Waals surface area contributed by atoms with Crippen LogP contribution in [0.4, 0.5) is 4.39 Å². The van der Waals surface area contributed by atoms with Crippen LogP contribution in [0.25, 0.3) is 0 Å². The average molecular weight is 382 g/mol. The first-order chi connectivity index (χ1) is 12.1. The Kier molecular flexibility index (Phi) is 6.04. The van der Waals surface area contributed by atoms with Crippen molar-refractivity contribution in [2.75, 3.05) is 25.5 Å².